The molecule has 0 saturated heterocycles. The van der Waals surface area contributed by atoms with Gasteiger partial charge in [-0.25, -0.2) is 0 Å². The molecule has 0 aromatic heterocycles. The minimum Gasteiger partial charge on any atom is -0.352 e. The van der Waals surface area contributed by atoms with Gasteiger partial charge in [-0.05, 0) is 31.6 Å². The van der Waals surface area contributed by atoms with Crippen LogP contribution in [0.4, 0.5) is 0 Å². The maximum Gasteiger partial charge on any atom is 0.220 e. The second-order valence-corrected chi connectivity index (χ2v) is 5.95. The van der Waals surface area contributed by atoms with Gasteiger partial charge in [0.05, 0.1) is 0 Å². The standard InChI is InChI=1S/C18H30N2O/c1-4-5-6-7-8-13-18(21)19-14-16-11-9-10-12-17(16)15-20(2)3/h9-12H,4-8,13-15H2,1-3H3,(H,19,21). The molecule has 0 bridgehead atoms. The average Bonchev–Trinajstić information content (AvgIpc) is 2.45. The molecule has 0 saturated carbocycles. The monoisotopic (exact) mass is 290 g/mol. The summed E-state index contributed by atoms with van der Waals surface area (Å²) in [5.74, 6) is 0.172. The summed E-state index contributed by atoms with van der Waals surface area (Å²) in [7, 11) is 4.12. The fourth-order valence-electron chi connectivity index (χ4n) is 2.40. The number of benzene rings is 1. The van der Waals surface area contributed by atoms with Gasteiger partial charge in [-0.1, -0.05) is 56.9 Å². The average molecular weight is 290 g/mol. The lowest BCUT2D eigenvalue weighted by atomic mass is 10.1. The minimum atomic E-state index is 0.172. The lowest BCUT2D eigenvalue weighted by Crippen LogP contribution is -2.23. The van der Waals surface area contributed by atoms with Crippen LogP contribution < -0.4 is 5.32 Å². The van der Waals surface area contributed by atoms with Crippen LogP contribution >= 0.6 is 0 Å². The molecule has 0 aliphatic heterocycles. The van der Waals surface area contributed by atoms with Crippen LogP contribution in [0.2, 0.25) is 0 Å². The van der Waals surface area contributed by atoms with Crippen molar-refractivity contribution in [2.75, 3.05) is 14.1 Å². The topological polar surface area (TPSA) is 32.3 Å². The van der Waals surface area contributed by atoms with Crippen LogP contribution in [-0.2, 0) is 17.9 Å². The van der Waals surface area contributed by atoms with Gasteiger partial charge >= 0.3 is 0 Å². The first-order valence-corrected chi connectivity index (χ1v) is 8.11. The second kappa shape index (κ2) is 10.4. The van der Waals surface area contributed by atoms with E-state index >= 15 is 0 Å². The molecule has 0 aliphatic rings. The lowest BCUT2D eigenvalue weighted by Gasteiger charge is -2.14. The van der Waals surface area contributed by atoms with Crippen molar-refractivity contribution in [1.29, 1.82) is 0 Å². The van der Waals surface area contributed by atoms with Crippen LogP contribution in [0, 0.1) is 0 Å². The van der Waals surface area contributed by atoms with Crippen LogP contribution in [-0.4, -0.2) is 24.9 Å². The number of amides is 1. The van der Waals surface area contributed by atoms with Gasteiger partial charge in [0, 0.05) is 19.5 Å². The van der Waals surface area contributed by atoms with Crippen molar-refractivity contribution in [3.63, 3.8) is 0 Å². The third-order valence-corrected chi connectivity index (χ3v) is 3.59. The number of unbranched alkanes of at least 4 members (excludes halogenated alkanes) is 4. The Morgan fingerprint density at radius 1 is 1.05 bits per heavy atom. The van der Waals surface area contributed by atoms with Gasteiger partial charge in [-0.2, -0.15) is 0 Å². The molecule has 0 fully saturated rings. The Hall–Kier alpha value is -1.35. The van der Waals surface area contributed by atoms with Crippen molar-refractivity contribution in [2.24, 2.45) is 0 Å². The largest absolute Gasteiger partial charge is 0.352 e. The van der Waals surface area contributed by atoms with Crippen molar-refractivity contribution in [2.45, 2.75) is 58.5 Å². The number of hydrogen-bond donors (Lipinski definition) is 1. The third kappa shape index (κ3) is 7.86. The lowest BCUT2D eigenvalue weighted by molar-refractivity contribution is -0.121. The Morgan fingerprint density at radius 3 is 2.38 bits per heavy atom. The SMILES string of the molecule is CCCCCCCC(=O)NCc1ccccc1CN(C)C. The van der Waals surface area contributed by atoms with Gasteiger partial charge in [0.2, 0.25) is 5.91 Å². The summed E-state index contributed by atoms with van der Waals surface area (Å²) in [6.45, 7) is 3.75. The normalized spacial score (nSPS) is 10.9. The summed E-state index contributed by atoms with van der Waals surface area (Å²) >= 11 is 0. The molecule has 1 aromatic rings. The molecule has 0 spiro atoms. The molecule has 1 aromatic carbocycles. The highest BCUT2D eigenvalue weighted by molar-refractivity contribution is 5.75. The molecular formula is C18H30N2O. The number of nitrogens with one attached hydrogen (secondary N) is 1. The molecule has 21 heavy (non-hydrogen) atoms. The fourth-order valence-corrected chi connectivity index (χ4v) is 2.40. The molecule has 0 atom stereocenters. The number of carbonyl (C=O) groups is 1. The summed E-state index contributed by atoms with van der Waals surface area (Å²) in [5, 5.41) is 3.05. The predicted molar refractivity (Wildman–Crippen MR) is 89.1 cm³/mol. The highest BCUT2D eigenvalue weighted by Gasteiger charge is 2.05. The summed E-state index contributed by atoms with van der Waals surface area (Å²) in [4.78, 5) is 14.0. The van der Waals surface area contributed by atoms with Crippen molar-refractivity contribution in [1.82, 2.24) is 10.2 Å². The van der Waals surface area contributed by atoms with Crippen LogP contribution in [0.15, 0.2) is 24.3 Å². The Labute approximate surface area is 129 Å². The Morgan fingerprint density at radius 2 is 1.71 bits per heavy atom. The number of hydrogen-bond acceptors (Lipinski definition) is 2. The smallest absolute Gasteiger partial charge is 0.220 e. The van der Waals surface area contributed by atoms with E-state index in [1.807, 2.05) is 6.07 Å². The molecule has 1 amide bonds. The molecule has 1 N–H and O–H groups in total. The first kappa shape index (κ1) is 17.7. The molecular weight excluding hydrogens is 260 g/mol. The maximum absolute atomic E-state index is 11.9. The van der Waals surface area contributed by atoms with Crippen LogP contribution in [0.5, 0.6) is 0 Å². The van der Waals surface area contributed by atoms with E-state index in [4.69, 9.17) is 0 Å². The summed E-state index contributed by atoms with van der Waals surface area (Å²) in [5.41, 5.74) is 2.50. The molecule has 3 heteroatoms. The van der Waals surface area contributed by atoms with Gasteiger partial charge < -0.3 is 10.2 Å². The van der Waals surface area contributed by atoms with Crippen molar-refractivity contribution < 1.29 is 4.79 Å². The summed E-state index contributed by atoms with van der Waals surface area (Å²) in [6, 6.07) is 8.32. The zero-order chi connectivity index (χ0) is 15.5. The third-order valence-electron chi connectivity index (χ3n) is 3.59. The van der Waals surface area contributed by atoms with E-state index in [2.05, 4.69) is 49.4 Å². The van der Waals surface area contributed by atoms with Crippen molar-refractivity contribution in [3.8, 4) is 0 Å². The first-order chi connectivity index (χ1) is 10.1. The van der Waals surface area contributed by atoms with Gasteiger partial charge in [0.25, 0.3) is 0 Å². The molecule has 3 nitrogen and oxygen atoms in total. The Bertz CT molecular complexity index is 415. The van der Waals surface area contributed by atoms with E-state index < -0.39 is 0 Å². The van der Waals surface area contributed by atoms with Gasteiger partial charge in [-0.15, -0.1) is 0 Å². The molecule has 118 valence electrons. The minimum absolute atomic E-state index is 0.172. The number of nitrogens with zero attached hydrogens (tertiary/aromatic N) is 1. The fraction of sp³-hybridized carbons (Fsp3) is 0.611. The Kier molecular flexibility index (Phi) is 8.76. The second-order valence-electron chi connectivity index (χ2n) is 5.95. The summed E-state index contributed by atoms with van der Waals surface area (Å²) < 4.78 is 0. The Balaban J connectivity index is 2.32. The van der Waals surface area contributed by atoms with Gasteiger partial charge in [0.15, 0.2) is 0 Å². The number of carbonyl (C=O) groups excluding carboxylic acids is 1. The van der Waals surface area contributed by atoms with Crippen molar-refractivity contribution in [3.05, 3.63) is 35.4 Å². The van der Waals surface area contributed by atoms with E-state index in [0.717, 1.165) is 13.0 Å². The zero-order valence-electron chi connectivity index (χ0n) is 13.8. The highest BCUT2D eigenvalue weighted by Crippen LogP contribution is 2.11. The van der Waals surface area contributed by atoms with Crippen LogP contribution in [0.3, 0.4) is 0 Å². The van der Waals surface area contributed by atoms with E-state index in [9.17, 15) is 4.79 Å². The van der Waals surface area contributed by atoms with E-state index in [1.165, 1.54) is 36.8 Å². The van der Waals surface area contributed by atoms with Crippen molar-refractivity contribution >= 4 is 5.91 Å². The van der Waals surface area contributed by atoms with E-state index in [0.29, 0.717) is 13.0 Å². The zero-order valence-corrected chi connectivity index (χ0v) is 13.8. The van der Waals surface area contributed by atoms with Gasteiger partial charge in [0.1, 0.15) is 0 Å². The first-order valence-electron chi connectivity index (χ1n) is 8.11. The summed E-state index contributed by atoms with van der Waals surface area (Å²) in [6.07, 6.45) is 6.59. The number of rotatable bonds is 10. The van der Waals surface area contributed by atoms with Gasteiger partial charge in [-0.3, -0.25) is 4.79 Å². The molecule has 0 radical (unpaired) electrons. The predicted octanol–water partition coefficient (Wildman–Crippen LogP) is 3.72. The van der Waals surface area contributed by atoms with Crippen LogP contribution in [0.1, 0.15) is 56.6 Å². The quantitative estimate of drug-likeness (QED) is 0.666. The van der Waals surface area contributed by atoms with E-state index in [1.54, 1.807) is 0 Å². The molecule has 0 aliphatic carbocycles. The molecule has 0 heterocycles. The maximum atomic E-state index is 11.9. The molecule has 1 rings (SSSR count). The molecule has 0 unspecified atom stereocenters. The van der Waals surface area contributed by atoms with Crippen LogP contribution in [0.25, 0.3) is 0 Å². The van der Waals surface area contributed by atoms with E-state index in [-0.39, 0.29) is 5.91 Å². The highest BCUT2D eigenvalue weighted by atomic mass is 16.1.